The van der Waals surface area contributed by atoms with Crippen LogP contribution in [0, 0.1) is 0 Å². The first kappa shape index (κ1) is 15.3. The van der Waals surface area contributed by atoms with Crippen molar-refractivity contribution < 1.29 is 9.59 Å². The topological polar surface area (TPSA) is 34.1 Å². The molecule has 0 N–H and O–H groups in total. The first-order valence-corrected chi connectivity index (χ1v) is 4.92. The average Bonchev–Trinajstić information content (AvgIpc) is 2.21. The molecular weight excluding hydrogens is 176 g/mol. The minimum absolute atomic E-state index is 0.513. The summed E-state index contributed by atoms with van der Waals surface area (Å²) < 4.78 is 0. The van der Waals surface area contributed by atoms with Crippen LogP contribution >= 0.6 is 0 Å². The van der Waals surface area contributed by atoms with Crippen molar-refractivity contribution in [1.29, 1.82) is 0 Å². The number of hydrogen-bond acceptors (Lipinski definition) is 2. The summed E-state index contributed by atoms with van der Waals surface area (Å²) in [6.07, 6.45) is 10.7. The monoisotopic (exact) mass is 196 g/mol. The molecule has 0 aromatic rings. The van der Waals surface area contributed by atoms with Crippen molar-refractivity contribution in [2.45, 2.75) is 38.5 Å². The van der Waals surface area contributed by atoms with Gasteiger partial charge in [0.1, 0.15) is 12.6 Å². The molecule has 0 aliphatic rings. The number of rotatable bonds is 8. The maximum atomic E-state index is 9.56. The van der Waals surface area contributed by atoms with Gasteiger partial charge in [-0.1, -0.05) is 12.2 Å². The first-order valence-electron chi connectivity index (χ1n) is 4.92. The third-order valence-electron chi connectivity index (χ3n) is 1.46. The van der Waals surface area contributed by atoms with Crippen molar-refractivity contribution in [2.75, 3.05) is 0 Å². The van der Waals surface area contributed by atoms with Crippen LogP contribution in [-0.4, -0.2) is 12.6 Å². The summed E-state index contributed by atoms with van der Waals surface area (Å²) in [6, 6.07) is 0. The number of carbonyl (C=O) groups excluding carboxylic acids is 2. The van der Waals surface area contributed by atoms with Crippen LogP contribution in [0.3, 0.4) is 0 Å². The normalized spacial score (nSPS) is 8.00. The van der Waals surface area contributed by atoms with Crippen molar-refractivity contribution in [3.8, 4) is 0 Å². The SMILES string of the molecule is C=CCCCC=C.O=CCCCC=O. The third-order valence-corrected chi connectivity index (χ3v) is 1.46. The largest absolute Gasteiger partial charge is 0.303 e. The lowest BCUT2D eigenvalue weighted by molar-refractivity contribution is -0.108. The number of carbonyl (C=O) groups is 2. The summed E-state index contributed by atoms with van der Waals surface area (Å²) in [4.78, 5) is 19.1. The van der Waals surface area contributed by atoms with Gasteiger partial charge in [-0.25, -0.2) is 0 Å². The molecule has 0 atom stereocenters. The second-order valence-electron chi connectivity index (χ2n) is 2.77. The van der Waals surface area contributed by atoms with Crippen molar-refractivity contribution in [3.63, 3.8) is 0 Å². The van der Waals surface area contributed by atoms with E-state index in [1.54, 1.807) is 0 Å². The Labute approximate surface area is 86.7 Å². The predicted molar refractivity (Wildman–Crippen MR) is 60.2 cm³/mol. The van der Waals surface area contributed by atoms with E-state index in [4.69, 9.17) is 0 Å². The summed E-state index contributed by atoms with van der Waals surface area (Å²) in [7, 11) is 0. The molecule has 0 saturated carbocycles. The second-order valence-corrected chi connectivity index (χ2v) is 2.77. The smallest absolute Gasteiger partial charge is 0.120 e. The van der Waals surface area contributed by atoms with Crippen molar-refractivity contribution >= 4 is 12.6 Å². The van der Waals surface area contributed by atoms with Crippen LogP contribution in [-0.2, 0) is 9.59 Å². The molecule has 0 unspecified atom stereocenters. The summed E-state index contributed by atoms with van der Waals surface area (Å²) in [5, 5.41) is 0. The molecule has 80 valence electrons. The Balaban J connectivity index is 0. The summed E-state index contributed by atoms with van der Waals surface area (Å²) in [5.41, 5.74) is 0. The molecule has 0 saturated heterocycles. The Morgan fingerprint density at radius 1 is 0.714 bits per heavy atom. The molecule has 2 nitrogen and oxygen atoms in total. The number of hydrogen-bond donors (Lipinski definition) is 0. The molecule has 2 heteroatoms. The third kappa shape index (κ3) is 22.4. The van der Waals surface area contributed by atoms with E-state index in [0.717, 1.165) is 25.4 Å². The van der Waals surface area contributed by atoms with Crippen LogP contribution in [0.2, 0.25) is 0 Å². The van der Waals surface area contributed by atoms with E-state index >= 15 is 0 Å². The first-order chi connectivity index (χ1) is 6.83. The molecule has 0 fully saturated rings. The fraction of sp³-hybridized carbons (Fsp3) is 0.500. The Morgan fingerprint density at radius 2 is 1.07 bits per heavy atom. The Morgan fingerprint density at radius 3 is 1.36 bits per heavy atom. The van der Waals surface area contributed by atoms with Gasteiger partial charge in [-0.3, -0.25) is 0 Å². The van der Waals surface area contributed by atoms with Crippen LogP contribution in [0.15, 0.2) is 25.3 Å². The van der Waals surface area contributed by atoms with Gasteiger partial charge in [-0.15, -0.1) is 13.2 Å². The zero-order valence-corrected chi connectivity index (χ0v) is 8.78. The summed E-state index contributed by atoms with van der Waals surface area (Å²) >= 11 is 0. The molecule has 0 bridgehead atoms. The van der Waals surface area contributed by atoms with E-state index < -0.39 is 0 Å². The van der Waals surface area contributed by atoms with E-state index in [9.17, 15) is 9.59 Å². The summed E-state index contributed by atoms with van der Waals surface area (Å²) in [5.74, 6) is 0. The molecular formula is C12H20O2. The summed E-state index contributed by atoms with van der Waals surface area (Å²) in [6.45, 7) is 7.20. The molecule has 0 aliphatic carbocycles. The van der Waals surface area contributed by atoms with Crippen LogP contribution in [0.1, 0.15) is 38.5 Å². The fourth-order valence-corrected chi connectivity index (χ4v) is 0.691. The molecule has 0 aliphatic heterocycles. The van der Waals surface area contributed by atoms with Gasteiger partial charge in [0.15, 0.2) is 0 Å². The molecule has 0 radical (unpaired) electrons. The molecule has 0 aromatic carbocycles. The highest BCUT2D eigenvalue weighted by molar-refractivity contribution is 5.52. The minimum atomic E-state index is 0.513. The van der Waals surface area contributed by atoms with E-state index in [1.807, 2.05) is 12.2 Å². The lowest BCUT2D eigenvalue weighted by Gasteiger charge is -1.84. The minimum Gasteiger partial charge on any atom is -0.303 e. The highest BCUT2D eigenvalue weighted by Crippen LogP contribution is 1.94. The van der Waals surface area contributed by atoms with E-state index in [-0.39, 0.29) is 0 Å². The van der Waals surface area contributed by atoms with Crippen LogP contribution in [0.5, 0.6) is 0 Å². The van der Waals surface area contributed by atoms with E-state index in [2.05, 4.69) is 13.2 Å². The fourth-order valence-electron chi connectivity index (χ4n) is 0.691. The van der Waals surface area contributed by atoms with Crippen LogP contribution in [0.4, 0.5) is 0 Å². The molecule has 0 spiro atoms. The number of unbranched alkanes of at least 4 members (excludes halogenated alkanes) is 4. The lowest BCUT2D eigenvalue weighted by atomic mass is 10.2. The van der Waals surface area contributed by atoms with Gasteiger partial charge in [0.25, 0.3) is 0 Å². The highest BCUT2D eigenvalue weighted by Gasteiger charge is 1.80. The molecule has 0 rings (SSSR count). The van der Waals surface area contributed by atoms with Crippen LogP contribution in [0.25, 0.3) is 0 Å². The quantitative estimate of drug-likeness (QED) is 0.339. The molecule has 14 heavy (non-hydrogen) atoms. The average molecular weight is 196 g/mol. The Kier molecular flexibility index (Phi) is 19.4. The van der Waals surface area contributed by atoms with E-state index in [0.29, 0.717) is 19.3 Å². The zero-order valence-electron chi connectivity index (χ0n) is 8.78. The Hall–Kier alpha value is -1.18. The van der Waals surface area contributed by atoms with Gasteiger partial charge in [0.05, 0.1) is 0 Å². The molecule has 0 heterocycles. The predicted octanol–water partition coefficient (Wildman–Crippen LogP) is 3.08. The molecule has 0 aromatic heterocycles. The van der Waals surface area contributed by atoms with Gasteiger partial charge in [-0.05, 0) is 25.7 Å². The van der Waals surface area contributed by atoms with Gasteiger partial charge in [-0.2, -0.15) is 0 Å². The van der Waals surface area contributed by atoms with Gasteiger partial charge in [0.2, 0.25) is 0 Å². The molecule has 0 amide bonds. The zero-order chi connectivity index (χ0) is 11.1. The number of allylic oxidation sites excluding steroid dienone is 2. The maximum absolute atomic E-state index is 9.56. The van der Waals surface area contributed by atoms with E-state index in [1.165, 1.54) is 6.42 Å². The van der Waals surface area contributed by atoms with Crippen LogP contribution < -0.4 is 0 Å². The Bertz CT molecular complexity index is 116. The van der Waals surface area contributed by atoms with Crippen molar-refractivity contribution in [3.05, 3.63) is 25.3 Å². The highest BCUT2D eigenvalue weighted by atomic mass is 16.1. The van der Waals surface area contributed by atoms with Crippen molar-refractivity contribution in [2.24, 2.45) is 0 Å². The lowest BCUT2D eigenvalue weighted by Crippen LogP contribution is -1.76. The standard InChI is InChI=1S/C7H12.C5H8O2/c1-3-5-7-6-4-2;6-4-2-1-3-5-7/h3-4H,1-2,5-7H2;4-5H,1-3H2. The van der Waals surface area contributed by atoms with Gasteiger partial charge < -0.3 is 9.59 Å². The maximum Gasteiger partial charge on any atom is 0.120 e. The number of aldehydes is 2. The second kappa shape index (κ2) is 17.8. The van der Waals surface area contributed by atoms with Gasteiger partial charge in [0, 0.05) is 12.8 Å². The van der Waals surface area contributed by atoms with Gasteiger partial charge >= 0.3 is 0 Å². The van der Waals surface area contributed by atoms with Crippen molar-refractivity contribution in [1.82, 2.24) is 0 Å².